The van der Waals surface area contributed by atoms with Crippen molar-refractivity contribution in [2.24, 2.45) is 5.10 Å². The molecule has 0 radical (unpaired) electrons. The average Bonchev–Trinajstić information content (AvgIpc) is 2.86. The van der Waals surface area contributed by atoms with Gasteiger partial charge in [-0.05, 0) is 30.2 Å². The van der Waals surface area contributed by atoms with Crippen molar-refractivity contribution in [1.82, 2.24) is 9.66 Å². The number of halogens is 2. The first-order valence-electron chi connectivity index (χ1n) is 6.95. The van der Waals surface area contributed by atoms with Gasteiger partial charge in [0.05, 0.1) is 28.2 Å². The Balaban J connectivity index is 2.01. The van der Waals surface area contributed by atoms with Gasteiger partial charge in [-0.3, -0.25) is 0 Å². The topological polar surface area (TPSA) is 56.2 Å². The Labute approximate surface area is 144 Å². The quantitative estimate of drug-likeness (QED) is 0.704. The van der Waals surface area contributed by atoms with E-state index >= 15 is 0 Å². The van der Waals surface area contributed by atoms with Gasteiger partial charge in [-0.25, -0.2) is 9.66 Å². The van der Waals surface area contributed by atoms with E-state index in [0.29, 0.717) is 16.0 Å². The van der Waals surface area contributed by atoms with Gasteiger partial charge in [0.1, 0.15) is 0 Å². The molecule has 0 aliphatic carbocycles. The fourth-order valence-electron chi connectivity index (χ4n) is 2.26. The lowest BCUT2D eigenvalue weighted by atomic mass is 10.0. The van der Waals surface area contributed by atoms with Crippen LogP contribution in [-0.4, -0.2) is 15.9 Å². The minimum atomic E-state index is 0.353. The Kier molecular flexibility index (Phi) is 4.37. The maximum Gasteiger partial charge on any atom is 0.221 e. The average molecular weight is 345 g/mol. The lowest BCUT2D eigenvalue weighted by molar-refractivity contribution is 0.897. The Morgan fingerprint density at radius 1 is 1.13 bits per heavy atom. The van der Waals surface area contributed by atoms with Crippen molar-refractivity contribution in [2.75, 3.05) is 5.73 Å². The van der Waals surface area contributed by atoms with Crippen LogP contribution in [0, 0.1) is 6.92 Å². The number of benzene rings is 2. The molecule has 4 nitrogen and oxygen atoms in total. The van der Waals surface area contributed by atoms with E-state index in [-0.39, 0.29) is 0 Å². The van der Waals surface area contributed by atoms with Crippen molar-refractivity contribution in [3.8, 4) is 11.1 Å². The zero-order valence-corrected chi connectivity index (χ0v) is 13.9. The largest absolute Gasteiger partial charge is 0.368 e. The number of aromatic nitrogens is 2. The molecular formula is C17H14Cl2N4. The van der Waals surface area contributed by atoms with Gasteiger partial charge in [0.2, 0.25) is 5.95 Å². The van der Waals surface area contributed by atoms with Crippen molar-refractivity contribution < 1.29 is 0 Å². The molecule has 2 N–H and O–H groups in total. The van der Waals surface area contributed by atoms with E-state index in [2.05, 4.69) is 10.1 Å². The van der Waals surface area contributed by atoms with Gasteiger partial charge in [-0.1, -0.05) is 53.5 Å². The predicted molar refractivity (Wildman–Crippen MR) is 96.3 cm³/mol. The van der Waals surface area contributed by atoms with Gasteiger partial charge in [-0.2, -0.15) is 5.10 Å². The molecule has 0 spiro atoms. The second kappa shape index (κ2) is 6.44. The summed E-state index contributed by atoms with van der Waals surface area (Å²) in [6.45, 7) is 1.87. The summed E-state index contributed by atoms with van der Waals surface area (Å²) in [4.78, 5) is 4.12. The number of anilines is 1. The molecule has 0 saturated heterocycles. The molecule has 0 amide bonds. The number of imidazole rings is 1. The summed E-state index contributed by atoms with van der Waals surface area (Å²) in [5.74, 6) is 0.353. The molecule has 0 atom stereocenters. The number of aryl methyl sites for hydroxylation is 1. The van der Waals surface area contributed by atoms with Crippen LogP contribution < -0.4 is 5.73 Å². The molecule has 3 rings (SSSR count). The first kappa shape index (κ1) is 15.6. The molecule has 116 valence electrons. The second-order valence-electron chi connectivity index (χ2n) is 5.05. The molecule has 1 heterocycles. The third-order valence-electron chi connectivity index (χ3n) is 3.35. The van der Waals surface area contributed by atoms with Crippen LogP contribution in [0.15, 0.2) is 53.8 Å². The highest BCUT2D eigenvalue weighted by atomic mass is 35.5. The summed E-state index contributed by atoms with van der Waals surface area (Å²) in [6, 6.07) is 13.4. The molecule has 0 fully saturated rings. The normalized spacial score (nSPS) is 11.3. The van der Waals surface area contributed by atoms with E-state index in [1.807, 2.05) is 43.3 Å². The van der Waals surface area contributed by atoms with Gasteiger partial charge in [-0.15, -0.1) is 0 Å². The van der Waals surface area contributed by atoms with Gasteiger partial charge in [0, 0.05) is 5.56 Å². The summed E-state index contributed by atoms with van der Waals surface area (Å²) in [6.07, 6.45) is 3.52. The summed E-state index contributed by atoms with van der Waals surface area (Å²) in [5, 5.41) is 5.42. The lowest BCUT2D eigenvalue weighted by Gasteiger charge is -2.07. The minimum absolute atomic E-state index is 0.353. The SMILES string of the molecule is Cc1cn(N=Cc2ccccc2-c2ccc(Cl)c(Cl)c2)c(N)n1. The molecule has 0 unspecified atom stereocenters. The molecule has 0 aliphatic rings. The molecule has 0 bridgehead atoms. The van der Waals surface area contributed by atoms with Crippen LogP contribution >= 0.6 is 23.2 Å². The van der Waals surface area contributed by atoms with Crippen LogP contribution in [0.25, 0.3) is 11.1 Å². The van der Waals surface area contributed by atoms with E-state index in [1.54, 1.807) is 23.2 Å². The number of hydrogen-bond acceptors (Lipinski definition) is 3. The molecule has 6 heteroatoms. The second-order valence-corrected chi connectivity index (χ2v) is 5.86. The van der Waals surface area contributed by atoms with Crippen molar-refractivity contribution in [3.63, 3.8) is 0 Å². The molecule has 0 aliphatic heterocycles. The maximum absolute atomic E-state index is 6.12. The summed E-state index contributed by atoms with van der Waals surface area (Å²) in [7, 11) is 0. The minimum Gasteiger partial charge on any atom is -0.368 e. The van der Waals surface area contributed by atoms with Gasteiger partial charge >= 0.3 is 0 Å². The first-order chi connectivity index (χ1) is 11.0. The van der Waals surface area contributed by atoms with E-state index < -0.39 is 0 Å². The Morgan fingerprint density at radius 2 is 1.91 bits per heavy atom. The maximum atomic E-state index is 6.12. The molecule has 2 aromatic carbocycles. The number of nitrogens with two attached hydrogens (primary N) is 1. The summed E-state index contributed by atoms with van der Waals surface area (Å²) in [5.41, 5.74) is 9.53. The van der Waals surface area contributed by atoms with Crippen molar-refractivity contribution in [1.29, 1.82) is 0 Å². The van der Waals surface area contributed by atoms with E-state index in [9.17, 15) is 0 Å². The molecule has 23 heavy (non-hydrogen) atoms. The third kappa shape index (κ3) is 3.38. The third-order valence-corrected chi connectivity index (χ3v) is 4.09. The Hall–Kier alpha value is -2.30. The van der Waals surface area contributed by atoms with E-state index in [1.165, 1.54) is 0 Å². The van der Waals surface area contributed by atoms with Crippen LogP contribution in [-0.2, 0) is 0 Å². The molecule has 3 aromatic rings. The Morgan fingerprint density at radius 3 is 2.61 bits per heavy atom. The smallest absolute Gasteiger partial charge is 0.221 e. The monoisotopic (exact) mass is 344 g/mol. The van der Waals surface area contributed by atoms with Crippen molar-refractivity contribution in [3.05, 3.63) is 70.0 Å². The fraction of sp³-hybridized carbons (Fsp3) is 0.0588. The van der Waals surface area contributed by atoms with Crippen molar-refractivity contribution in [2.45, 2.75) is 6.92 Å². The summed E-state index contributed by atoms with van der Waals surface area (Å²) >= 11 is 12.1. The number of rotatable bonds is 3. The van der Waals surface area contributed by atoms with Crippen LogP contribution in [0.2, 0.25) is 10.0 Å². The van der Waals surface area contributed by atoms with E-state index in [4.69, 9.17) is 28.9 Å². The van der Waals surface area contributed by atoms with Gasteiger partial charge in [0.15, 0.2) is 0 Å². The number of nitrogen functional groups attached to an aromatic ring is 1. The Bertz CT molecular complexity index is 884. The first-order valence-corrected chi connectivity index (χ1v) is 7.70. The van der Waals surface area contributed by atoms with Crippen molar-refractivity contribution >= 4 is 35.4 Å². The molecule has 1 aromatic heterocycles. The predicted octanol–water partition coefficient (Wildman–Crippen LogP) is 4.63. The lowest BCUT2D eigenvalue weighted by Crippen LogP contribution is -1.97. The fourth-order valence-corrected chi connectivity index (χ4v) is 2.56. The van der Waals surface area contributed by atoms with Crippen LogP contribution in [0.4, 0.5) is 5.95 Å². The van der Waals surface area contributed by atoms with Gasteiger partial charge < -0.3 is 5.73 Å². The number of nitrogens with zero attached hydrogens (tertiary/aromatic N) is 3. The number of hydrogen-bond donors (Lipinski definition) is 1. The van der Waals surface area contributed by atoms with Crippen LogP contribution in [0.3, 0.4) is 0 Å². The zero-order valence-electron chi connectivity index (χ0n) is 12.4. The highest BCUT2D eigenvalue weighted by Gasteiger charge is 2.06. The van der Waals surface area contributed by atoms with E-state index in [0.717, 1.165) is 22.4 Å². The molecular weight excluding hydrogens is 331 g/mol. The highest BCUT2D eigenvalue weighted by Crippen LogP contribution is 2.29. The summed E-state index contributed by atoms with van der Waals surface area (Å²) < 4.78 is 1.54. The van der Waals surface area contributed by atoms with Crippen LogP contribution in [0.5, 0.6) is 0 Å². The highest BCUT2D eigenvalue weighted by molar-refractivity contribution is 6.42. The van der Waals surface area contributed by atoms with Gasteiger partial charge in [0.25, 0.3) is 0 Å². The standard InChI is InChI=1S/C17H14Cl2N4/c1-11-10-23(17(20)22-11)21-9-13-4-2-3-5-14(13)12-6-7-15(18)16(19)8-12/h2-10H,1H3,(H2,20,22). The molecule has 0 saturated carbocycles. The van der Waals surface area contributed by atoms with Crippen LogP contribution in [0.1, 0.15) is 11.3 Å². The zero-order chi connectivity index (χ0) is 16.4.